The van der Waals surface area contributed by atoms with Crippen LogP contribution in [-0.4, -0.2) is 39.7 Å². The summed E-state index contributed by atoms with van der Waals surface area (Å²) in [6.07, 6.45) is 1.57. The smallest absolute Gasteiger partial charge is 0.321 e. The third-order valence-corrected chi connectivity index (χ3v) is 3.96. The maximum Gasteiger partial charge on any atom is 0.321 e. The minimum absolute atomic E-state index is 0.213. The SMILES string of the molecule is C=CCOc1cc(OC)ccc1C(C(=O)OC)C(=O)c1ccc(OC)cc1. The van der Waals surface area contributed by atoms with Crippen LogP contribution in [0, 0.1) is 0 Å². The Morgan fingerprint density at radius 2 is 1.63 bits per heavy atom. The fraction of sp³-hybridized carbons (Fsp3) is 0.238. The first kappa shape index (κ1) is 20.0. The van der Waals surface area contributed by atoms with Gasteiger partial charge in [-0.05, 0) is 30.3 Å². The average molecular weight is 370 g/mol. The van der Waals surface area contributed by atoms with Gasteiger partial charge in [-0.2, -0.15) is 0 Å². The average Bonchev–Trinajstić information content (AvgIpc) is 2.72. The standard InChI is InChI=1S/C21H22O6/c1-5-12-27-18-13-16(25-3)10-11-17(18)19(21(23)26-4)20(22)14-6-8-15(24-2)9-7-14/h5-11,13,19H,1,12H2,2-4H3. The first-order valence-electron chi connectivity index (χ1n) is 8.23. The molecular weight excluding hydrogens is 348 g/mol. The second-order valence-electron chi connectivity index (χ2n) is 5.55. The van der Waals surface area contributed by atoms with Gasteiger partial charge >= 0.3 is 5.97 Å². The maximum absolute atomic E-state index is 13.1. The van der Waals surface area contributed by atoms with E-state index >= 15 is 0 Å². The number of hydrogen-bond donors (Lipinski definition) is 0. The molecular formula is C21H22O6. The fourth-order valence-electron chi connectivity index (χ4n) is 2.57. The zero-order chi connectivity index (χ0) is 19.8. The summed E-state index contributed by atoms with van der Waals surface area (Å²) in [5.74, 6) is -0.748. The van der Waals surface area contributed by atoms with Crippen molar-refractivity contribution in [3.05, 3.63) is 66.2 Å². The lowest BCUT2D eigenvalue weighted by molar-refractivity contribution is -0.141. The number of ether oxygens (including phenoxy) is 4. The van der Waals surface area contributed by atoms with Gasteiger partial charge in [0.15, 0.2) is 5.78 Å². The Kier molecular flexibility index (Phi) is 7.00. The van der Waals surface area contributed by atoms with E-state index in [1.54, 1.807) is 48.5 Å². The van der Waals surface area contributed by atoms with Crippen LogP contribution < -0.4 is 14.2 Å². The van der Waals surface area contributed by atoms with E-state index in [-0.39, 0.29) is 6.61 Å². The molecule has 0 radical (unpaired) electrons. The number of carbonyl (C=O) groups excluding carboxylic acids is 2. The molecule has 0 aromatic heterocycles. The summed E-state index contributed by atoms with van der Waals surface area (Å²) in [5, 5.41) is 0. The number of Topliss-reactive ketones (excluding diaryl/α,β-unsaturated/α-hetero) is 1. The largest absolute Gasteiger partial charge is 0.497 e. The van der Waals surface area contributed by atoms with E-state index in [2.05, 4.69) is 6.58 Å². The van der Waals surface area contributed by atoms with E-state index < -0.39 is 17.7 Å². The van der Waals surface area contributed by atoms with E-state index in [0.717, 1.165) is 0 Å². The van der Waals surface area contributed by atoms with Gasteiger partial charge in [-0.25, -0.2) is 0 Å². The highest BCUT2D eigenvalue weighted by atomic mass is 16.5. The van der Waals surface area contributed by atoms with Crippen LogP contribution >= 0.6 is 0 Å². The van der Waals surface area contributed by atoms with Crippen LogP contribution in [0.1, 0.15) is 21.8 Å². The van der Waals surface area contributed by atoms with E-state index in [1.165, 1.54) is 21.3 Å². The van der Waals surface area contributed by atoms with Gasteiger partial charge in [0, 0.05) is 17.2 Å². The first-order chi connectivity index (χ1) is 13.0. The summed E-state index contributed by atoms with van der Waals surface area (Å²) >= 11 is 0. The molecule has 2 rings (SSSR count). The zero-order valence-electron chi connectivity index (χ0n) is 15.6. The van der Waals surface area contributed by atoms with Crippen molar-refractivity contribution in [2.45, 2.75) is 5.92 Å². The number of methoxy groups -OCH3 is 3. The second-order valence-corrected chi connectivity index (χ2v) is 5.55. The topological polar surface area (TPSA) is 71.1 Å². The Balaban J connectivity index is 2.50. The molecule has 0 amide bonds. The van der Waals surface area contributed by atoms with Gasteiger partial charge in [0.05, 0.1) is 21.3 Å². The monoisotopic (exact) mass is 370 g/mol. The molecule has 6 nitrogen and oxygen atoms in total. The highest BCUT2D eigenvalue weighted by Gasteiger charge is 2.33. The molecule has 1 atom stereocenters. The Labute approximate surface area is 158 Å². The molecule has 2 aromatic carbocycles. The van der Waals surface area contributed by atoms with Crippen LogP contribution in [0.5, 0.6) is 17.2 Å². The van der Waals surface area contributed by atoms with Gasteiger partial charge in [0.1, 0.15) is 29.8 Å². The minimum Gasteiger partial charge on any atom is -0.497 e. The van der Waals surface area contributed by atoms with Crippen molar-refractivity contribution >= 4 is 11.8 Å². The second kappa shape index (κ2) is 9.43. The number of hydrogen-bond acceptors (Lipinski definition) is 6. The van der Waals surface area contributed by atoms with E-state index in [4.69, 9.17) is 18.9 Å². The van der Waals surface area contributed by atoms with E-state index in [9.17, 15) is 9.59 Å². The molecule has 0 aliphatic heterocycles. The van der Waals surface area contributed by atoms with Crippen LogP contribution in [0.3, 0.4) is 0 Å². The summed E-state index contributed by atoms with van der Waals surface area (Å²) in [5.41, 5.74) is 0.752. The van der Waals surface area contributed by atoms with Gasteiger partial charge < -0.3 is 18.9 Å². The minimum atomic E-state index is -1.17. The van der Waals surface area contributed by atoms with Crippen molar-refractivity contribution in [3.8, 4) is 17.2 Å². The van der Waals surface area contributed by atoms with Gasteiger partial charge in [-0.3, -0.25) is 9.59 Å². The fourth-order valence-corrected chi connectivity index (χ4v) is 2.57. The quantitative estimate of drug-likeness (QED) is 0.292. The normalized spacial score (nSPS) is 11.2. The van der Waals surface area contributed by atoms with E-state index in [1.807, 2.05) is 0 Å². The number of benzene rings is 2. The van der Waals surface area contributed by atoms with Crippen LogP contribution in [0.25, 0.3) is 0 Å². The maximum atomic E-state index is 13.1. The predicted octanol–water partition coefficient (Wildman–Crippen LogP) is 3.41. The summed E-state index contributed by atoms with van der Waals surface area (Å²) < 4.78 is 20.8. The molecule has 0 fully saturated rings. The lowest BCUT2D eigenvalue weighted by Gasteiger charge is -2.18. The lowest BCUT2D eigenvalue weighted by atomic mass is 9.89. The van der Waals surface area contributed by atoms with Crippen molar-refractivity contribution in [3.63, 3.8) is 0 Å². The van der Waals surface area contributed by atoms with Gasteiger partial charge in [0.2, 0.25) is 0 Å². The molecule has 0 saturated carbocycles. The Morgan fingerprint density at radius 3 is 2.19 bits per heavy atom. The van der Waals surface area contributed by atoms with Crippen molar-refractivity contribution in [1.82, 2.24) is 0 Å². The third kappa shape index (κ3) is 4.67. The zero-order valence-corrected chi connectivity index (χ0v) is 15.6. The number of rotatable bonds is 9. The van der Waals surface area contributed by atoms with Crippen LogP contribution in [0.15, 0.2) is 55.1 Å². The highest BCUT2D eigenvalue weighted by Crippen LogP contribution is 2.34. The molecule has 0 N–H and O–H groups in total. The van der Waals surface area contributed by atoms with Crippen LogP contribution in [-0.2, 0) is 9.53 Å². The highest BCUT2D eigenvalue weighted by molar-refractivity contribution is 6.13. The molecule has 142 valence electrons. The molecule has 6 heteroatoms. The predicted molar refractivity (Wildman–Crippen MR) is 101 cm³/mol. The molecule has 0 spiro atoms. The molecule has 0 saturated heterocycles. The van der Waals surface area contributed by atoms with Gasteiger partial charge in [0.25, 0.3) is 0 Å². The summed E-state index contributed by atoms with van der Waals surface area (Å²) in [4.78, 5) is 25.5. The summed E-state index contributed by atoms with van der Waals surface area (Å²) in [7, 11) is 4.30. The van der Waals surface area contributed by atoms with Gasteiger partial charge in [-0.1, -0.05) is 18.7 Å². The van der Waals surface area contributed by atoms with E-state index in [0.29, 0.717) is 28.4 Å². The number of carbonyl (C=O) groups is 2. The first-order valence-corrected chi connectivity index (χ1v) is 8.23. The molecule has 27 heavy (non-hydrogen) atoms. The molecule has 0 aliphatic carbocycles. The number of ketones is 1. The Bertz CT molecular complexity index is 810. The number of esters is 1. The van der Waals surface area contributed by atoms with Crippen molar-refractivity contribution < 1.29 is 28.5 Å². The molecule has 0 heterocycles. The molecule has 2 aromatic rings. The molecule has 0 aliphatic rings. The molecule has 0 bridgehead atoms. The Morgan fingerprint density at radius 1 is 1.00 bits per heavy atom. The Hall–Kier alpha value is -3.28. The molecule has 1 unspecified atom stereocenters. The van der Waals surface area contributed by atoms with Crippen molar-refractivity contribution in [2.75, 3.05) is 27.9 Å². The summed E-state index contributed by atoms with van der Waals surface area (Å²) in [6.45, 7) is 3.83. The van der Waals surface area contributed by atoms with Crippen LogP contribution in [0.4, 0.5) is 0 Å². The van der Waals surface area contributed by atoms with Crippen LogP contribution in [0.2, 0.25) is 0 Å². The summed E-state index contributed by atoms with van der Waals surface area (Å²) in [6, 6.07) is 11.4. The van der Waals surface area contributed by atoms with Crippen molar-refractivity contribution in [2.24, 2.45) is 0 Å². The lowest BCUT2D eigenvalue weighted by Crippen LogP contribution is -2.24. The third-order valence-electron chi connectivity index (χ3n) is 3.96. The van der Waals surface area contributed by atoms with Crippen molar-refractivity contribution in [1.29, 1.82) is 0 Å². The van der Waals surface area contributed by atoms with Gasteiger partial charge in [-0.15, -0.1) is 0 Å².